The van der Waals surface area contributed by atoms with Gasteiger partial charge in [-0.3, -0.25) is 4.79 Å². The quantitative estimate of drug-likeness (QED) is 0.505. The van der Waals surface area contributed by atoms with Crippen LogP contribution in [0.5, 0.6) is 0 Å². The smallest absolute Gasteiger partial charge is 0.325 e. The Morgan fingerprint density at radius 3 is 2.50 bits per heavy atom. The lowest BCUT2D eigenvalue weighted by Crippen LogP contribution is -2.38. The van der Waals surface area contributed by atoms with Gasteiger partial charge in [0.25, 0.3) is 5.56 Å². The first kappa shape index (κ1) is 14.1. The monoisotopic (exact) mass is 298 g/mol. The number of nitrogens with zero attached hydrogens (tertiary/aromatic N) is 4. The molecule has 7 nitrogen and oxygen atoms in total. The highest BCUT2D eigenvalue weighted by Gasteiger charge is 2.20. The van der Waals surface area contributed by atoms with Gasteiger partial charge in [0, 0.05) is 7.05 Å². The van der Waals surface area contributed by atoms with Gasteiger partial charge in [-0.25, -0.2) is 14.3 Å². The van der Waals surface area contributed by atoms with Crippen LogP contribution >= 0.6 is 0 Å². The minimum atomic E-state index is -0.745. The van der Waals surface area contributed by atoms with E-state index in [2.05, 4.69) is 9.97 Å². The molecule has 0 radical (unpaired) electrons. The maximum atomic E-state index is 12.4. The summed E-state index contributed by atoms with van der Waals surface area (Å²) < 4.78 is 2.47. The molecule has 1 aromatic carbocycles. The van der Waals surface area contributed by atoms with E-state index in [4.69, 9.17) is 0 Å². The Hall–Kier alpha value is -2.83. The van der Waals surface area contributed by atoms with Gasteiger partial charge in [-0.05, 0) is 37.1 Å². The lowest BCUT2D eigenvalue weighted by molar-refractivity contribution is -0.108. The molecule has 22 heavy (non-hydrogen) atoms. The van der Waals surface area contributed by atoms with Crippen LogP contribution in [-0.4, -0.2) is 25.4 Å². The molecule has 0 aromatic heterocycles. The number of aldehydes is 1. The van der Waals surface area contributed by atoms with Gasteiger partial charge in [0.2, 0.25) is 0 Å². The highest BCUT2D eigenvalue weighted by molar-refractivity contribution is 5.80. The van der Waals surface area contributed by atoms with Crippen molar-refractivity contribution in [1.82, 2.24) is 19.1 Å². The van der Waals surface area contributed by atoms with Crippen LogP contribution in [0.2, 0.25) is 0 Å². The van der Waals surface area contributed by atoms with Crippen LogP contribution in [0.4, 0.5) is 0 Å². The first-order chi connectivity index (χ1) is 10.4. The van der Waals surface area contributed by atoms with Gasteiger partial charge in [-0.2, -0.15) is 4.98 Å². The van der Waals surface area contributed by atoms with Crippen molar-refractivity contribution in [2.75, 3.05) is 0 Å². The minimum absolute atomic E-state index is 0.0831. The summed E-state index contributed by atoms with van der Waals surface area (Å²) in [6, 6.07) is 3.83. The molecular formula is C15H14N4O3. The van der Waals surface area contributed by atoms with Gasteiger partial charge in [0.15, 0.2) is 11.5 Å². The average molecular weight is 298 g/mol. The van der Waals surface area contributed by atoms with Gasteiger partial charge in [0.1, 0.15) is 6.29 Å². The van der Waals surface area contributed by atoms with Crippen molar-refractivity contribution in [3.05, 3.63) is 44.1 Å². The van der Waals surface area contributed by atoms with E-state index in [-0.39, 0.29) is 18.1 Å². The molecule has 0 saturated carbocycles. The van der Waals surface area contributed by atoms with Crippen LogP contribution in [0.1, 0.15) is 11.1 Å². The van der Waals surface area contributed by atoms with Crippen molar-refractivity contribution in [3.63, 3.8) is 0 Å². The van der Waals surface area contributed by atoms with E-state index in [9.17, 15) is 14.4 Å². The third-order valence-electron chi connectivity index (χ3n) is 3.85. The summed E-state index contributed by atoms with van der Waals surface area (Å²) in [6.07, 6.45) is 0.491. The van der Waals surface area contributed by atoms with Crippen molar-refractivity contribution in [2.45, 2.75) is 20.4 Å². The third-order valence-corrected chi connectivity index (χ3v) is 3.85. The summed E-state index contributed by atoms with van der Waals surface area (Å²) in [6.45, 7) is 3.62. The maximum absolute atomic E-state index is 12.4. The molecule has 0 amide bonds. The molecule has 2 aliphatic heterocycles. The molecule has 0 aliphatic carbocycles. The maximum Gasteiger partial charge on any atom is 0.353 e. The summed E-state index contributed by atoms with van der Waals surface area (Å²) >= 11 is 0. The van der Waals surface area contributed by atoms with E-state index in [1.807, 2.05) is 26.0 Å². The molecule has 7 heteroatoms. The topological polar surface area (TPSA) is 86.8 Å². The average Bonchev–Trinajstić information content (AvgIpc) is 2.47. The Bertz CT molecular complexity index is 1000. The second kappa shape index (κ2) is 4.87. The zero-order chi connectivity index (χ0) is 16.0. The third kappa shape index (κ3) is 1.93. The molecule has 0 spiro atoms. The molecule has 0 atom stereocenters. The van der Waals surface area contributed by atoms with E-state index >= 15 is 0 Å². The number of fused-ring (bicyclic) bond motifs is 2. The van der Waals surface area contributed by atoms with Crippen LogP contribution in [0, 0.1) is 13.8 Å². The van der Waals surface area contributed by atoms with E-state index < -0.39 is 11.2 Å². The first-order valence-corrected chi connectivity index (χ1v) is 6.76. The number of carbonyl (C=O) groups excluding carboxylic acids is 1. The predicted molar refractivity (Wildman–Crippen MR) is 81.2 cm³/mol. The van der Waals surface area contributed by atoms with Gasteiger partial charge >= 0.3 is 5.69 Å². The van der Waals surface area contributed by atoms with Crippen LogP contribution < -0.4 is 11.2 Å². The Morgan fingerprint density at radius 1 is 1.14 bits per heavy atom. The lowest BCUT2D eigenvalue weighted by Gasteiger charge is -2.15. The van der Waals surface area contributed by atoms with E-state index in [1.165, 1.54) is 0 Å². The van der Waals surface area contributed by atoms with E-state index in [1.54, 1.807) is 11.6 Å². The molecule has 0 unspecified atom stereocenters. The number of aromatic nitrogens is 4. The van der Waals surface area contributed by atoms with Crippen LogP contribution in [0.15, 0.2) is 21.7 Å². The molecular weight excluding hydrogens is 284 g/mol. The van der Waals surface area contributed by atoms with Crippen molar-refractivity contribution < 1.29 is 4.79 Å². The van der Waals surface area contributed by atoms with Crippen molar-refractivity contribution in [3.8, 4) is 11.5 Å². The molecule has 0 fully saturated rings. The number of hydrogen-bond donors (Lipinski definition) is 0. The summed E-state index contributed by atoms with van der Waals surface area (Å²) in [5, 5.41) is 0. The summed E-state index contributed by atoms with van der Waals surface area (Å²) in [7, 11) is 1.73. The summed E-state index contributed by atoms with van der Waals surface area (Å²) in [5.74, 6) is 0.216. The zero-order valence-corrected chi connectivity index (χ0v) is 12.5. The lowest BCUT2D eigenvalue weighted by atomic mass is 10.1. The Balaban J connectivity index is 2.52. The van der Waals surface area contributed by atoms with Crippen LogP contribution in [-0.2, 0) is 18.4 Å². The number of rotatable bonds is 2. The van der Waals surface area contributed by atoms with E-state index in [0.717, 1.165) is 21.2 Å². The standard InChI is InChI=1S/C15H14N4O3/c1-8-6-10-11(7-9(8)2)18(3)13-12(16-10)14(21)19(4-5-20)15(22)17-13/h5-7H,4H2,1-3H3. The van der Waals surface area contributed by atoms with Crippen molar-refractivity contribution in [2.24, 2.45) is 7.05 Å². The van der Waals surface area contributed by atoms with Gasteiger partial charge in [-0.15, -0.1) is 0 Å². The number of benzene rings is 1. The molecule has 1 aromatic rings. The second-order valence-corrected chi connectivity index (χ2v) is 5.25. The van der Waals surface area contributed by atoms with E-state index in [0.29, 0.717) is 11.8 Å². The SMILES string of the molecule is Cc1cc2nc3c(=O)n(CC=O)c(=O)nc-3n(C)c2cc1C. The normalized spacial score (nSPS) is 11.2. The first-order valence-electron chi connectivity index (χ1n) is 6.76. The second-order valence-electron chi connectivity index (χ2n) is 5.25. The summed E-state index contributed by atoms with van der Waals surface area (Å²) in [4.78, 5) is 43.2. The largest absolute Gasteiger partial charge is 0.353 e. The molecule has 2 aliphatic rings. The summed E-state index contributed by atoms with van der Waals surface area (Å²) in [5.41, 5.74) is 2.31. The van der Waals surface area contributed by atoms with Gasteiger partial charge in [0.05, 0.1) is 17.6 Å². The number of aryl methyl sites for hydroxylation is 3. The fourth-order valence-corrected chi connectivity index (χ4v) is 2.46. The molecule has 3 rings (SSSR count). The molecule has 2 heterocycles. The van der Waals surface area contributed by atoms with Crippen LogP contribution in [0.25, 0.3) is 22.6 Å². The van der Waals surface area contributed by atoms with Crippen molar-refractivity contribution in [1.29, 1.82) is 0 Å². The molecule has 112 valence electrons. The zero-order valence-electron chi connectivity index (χ0n) is 12.5. The predicted octanol–water partition coefficient (Wildman–Crippen LogP) is 0.411. The minimum Gasteiger partial charge on any atom is -0.325 e. The Kier molecular flexibility index (Phi) is 3.13. The molecule has 0 bridgehead atoms. The highest BCUT2D eigenvalue weighted by Crippen LogP contribution is 2.22. The molecule has 0 N–H and O–H groups in total. The number of hydrogen-bond acceptors (Lipinski definition) is 5. The van der Waals surface area contributed by atoms with Crippen molar-refractivity contribution >= 4 is 17.3 Å². The molecule has 0 saturated heterocycles. The fraction of sp³-hybridized carbons (Fsp3) is 0.267. The van der Waals surface area contributed by atoms with Gasteiger partial charge in [-0.1, -0.05) is 0 Å². The number of carbonyl (C=O) groups is 1. The Labute approximate surface area is 125 Å². The van der Waals surface area contributed by atoms with Gasteiger partial charge < -0.3 is 9.36 Å². The Morgan fingerprint density at radius 2 is 1.82 bits per heavy atom. The fourth-order valence-electron chi connectivity index (χ4n) is 2.46. The highest BCUT2D eigenvalue weighted by atomic mass is 16.2. The van der Waals surface area contributed by atoms with Crippen LogP contribution in [0.3, 0.4) is 0 Å².